The SMILES string of the molecule is CC.CCCOc1ccccc1I. The van der Waals surface area contributed by atoms with Gasteiger partial charge in [-0.15, -0.1) is 0 Å². The van der Waals surface area contributed by atoms with E-state index in [1.165, 1.54) is 3.57 Å². The molecule has 0 saturated carbocycles. The van der Waals surface area contributed by atoms with Crippen molar-refractivity contribution in [2.24, 2.45) is 0 Å². The molecule has 74 valence electrons. The van der Waals surface area contributed by atoms with Crippen LogP contribution in [0.1, 0.15) is 27.2 Å². The summed E-state index contributed by atoms with van der Waals surface area (Å²) in [6.45, 7) is 6.91. The van der Waals surface area contributed by atoms with Crippen LogP contribution in [0.2, 0.25) is 0 Å². The van der Waals surface area contributed by atoms with Crippen LogP contribution in [0, 0.1) is 3.57 Å². The minimum absolute atomic E-state index is 0.806. The Morgan fingerprint density at radius 2 is 1.85 bits per heavy atom. The normalized spacial score (nSPS) is 8.62. The zero-order chi connectivity index (χ0) is 10.1. The monoisotopic (exact) mass is 292 g/mol. The third kappa shape index (κ3) is 5.13. The highest BCUT2D eigenvalue weighted by molar-refractivity contribution is 14.1. The lowest BCUT2D eigenvalue weighted by Gasteiger charge is -2.05. The van der Waals surface area contributed by atoms with E-state index >= 15 is 0 Å². The Kier molecular flexibility index (Phi) is 8.19. The molecule has 0 spiro atoms. The van der Waals surface area contributed by atoms with Gasteiger partial charge in [-0.2, -0.15) is 0 Å². The van der Waals surface area contributed by atoms with Crippen LogP contribution in [0.15, 0.2) is 24.3 Å². The molecule has 0 aliphatic heterocycles. The van der Waals surface area contributed by atoms with E-state index in [0.717, 1.165) is 18.8 Å². The lowest BCUT2D eigenvalue weighted by molar-refractivity contribution is 0.315. The highest BCUT2D eigenvalue weighted by Gasteiger charge is 1.96. The molecule has 13 heavy (non-hydrogen) atoms. The number of hydrogen-bond acceptors (Lipinski definition) is 1. The molecule has 0 radical (unpaired) electrons. The first-order valence-electron chi connectivity index (χ1n) is 4.72. The average molecular weight is 292 g/mol. The molecular weight excluding hydrogens is 275 g/mol. The number of benzene rings is 1. The summed E-state index contributed by atoms with van der Waals surface area (Å²) in [4.78, 5) is 0. The van der Waals surface area contributed by atoms with Crippen LogP contribution in [0.25, 0.3) is 0 Å². The molecule has 0 atom stereocenters. The maximum Gasteiger partial charge on any atom is 0.132 e. The molecule has 1 aromatic rings. The largest absolute Gasteiger partial charge is 0.492 e. The third-order valence-electron chi connectivity index (χ3n) is 1.30. The molecule has 0 heterocycles. The first-order chi connectivity index (χ1) is 6.34. The first kappa shape index (κ1) is 12.8. The second-order valence-electron chi connectivity index (χ2n) is 2.28. The number of rotatable bonds is 3. The van der Waals surface area contributed by atoms with Gasteiger partial charge in [-0.3, -0.25) is 0 Å². The van der Waals surface area contributed by atoms with Crippen LogP contribution in [0.3, 0.4) is 0 Å². The van der Waals surface area contributed by atoms with Crippen molar-refractivity contribution < 1.29 is 4.74 Å². The fraction of sp³-hybridized carbons (Fsp3) is 0.455. The number of para-hydroxylation sites is 1. The van der Waals surface area contributed by atoms with Gasteiger partial charge in [0.05, 0.1) is 10.2 Å². The summed E-state index contributed by atoms with van der Waals surface area (Å²) in [5.41, 5.74) is 0. The number of halogens is 1. The second kappa shape index (κ2) is 8.35. The summed E-state index contributed by atoms with van der Waals surface area (Å²) in [5.74, 6) is 0.995. The summed E-state index contributed by atoms with van der Waals surface area (Å²) in [7, 11) is 0. The van der Waals surface area contributed by atoms with Crippen LogP contribution >= 0.6 is 22.6 Å². The van der Waals surface area contributed by atoms with Gasteiger partial charge in [0.15, 0.2) is 0 Å². The van der Waals surface area contributed by atoms with Crippen LogP contribution < -0.4 is 4.74 Å². The topological polar surface area (TPSA) is 9.23 Å². The molecule has 0 N–H and O–H groups in total. The van der Waals surface area contributed by atoms with E-state index in [1.807, 2.05) is 38.1 Å². The third-order valence-corrected chi connectivity index (χ3v) is 2.19. The van der Waals surface area contributed by atoms with Gasteiger partial charge in [0.25, 0.3) is 0 Å². The Balaban J connectivity index is 0.000000671. The molecule has 0 saturated heterocycles. The maximum absolute atomic E-state index is 5.48. The number of hydrogen-bond donors (Lipinski definition) is 0. The predicted octanol–water partition coefficient (Wildman–Crippen LogP) is 4.11. The van der Waals surface area contributed by atoms with E-state index in [-0.39, 0.29) is 0 Å². The van der Waals surface area contributed by atoms with Gasteiger partial charge in [-0.25, -0.2) is 0 Å². The minimum atomic E-state index is 0.806. The van der Waals surface area contributed by atoms with Crippen molar-refractivity contribution in [1.82, 2.24) is 0 Å². The highest BCUT2D eigenvalue weighted by Crippen LogP contribution is 2.19. The Bertz CT molecular complexity index is 223. The van der Waals surface area contributed by atoms with Gasteiger partial charge in [-0.1, -0.05) is 32.9 Å². The summed E-state index contributed by atoms with van der Waals surface area (Å²) in [6.07, 6.45) is 1.06. The minimum Gasteiger partial charge on any atom is -0.492 e. The molecule has 0 amide bonds. The second-order valence-corrected chi connectivity index (χ2v) is 3.44. The zero-order valence-corrected chi connectivity index (χ0v) is 10.7. The Morgan fingerprint density at radius 3 is 2.38 bits per heavy atom. The lowest BCUT2D eigenvalue weighted by atomic mass is 10.3. The molecule has 2 heteroatoms. The van der Waals surface area contributed by atoms with E-state index < -0.39 is 0 Å². The van der Waals surface area contributed by atoms with Gasteiger partial charge in [0, 0.05) is 0 Å². The van der Waals surface area contributed by atoms with Crippen molar-refractivity contribution in [3.8, 4) is 5.75 Å². The van der Waals surface area contributed by atoms with Crippen LogP contribution in [0.5, 0.6) is 5.75 Å². The van der Waals surface area contributed by atoms with Crippen molar-refractivity contribution in [2.75, 3.05) is 6.61 Å². The van der Waals surface area contributed by atoms with Crippen LogP contribution in [0.4, 0.5) is 0 Å². The van der Waals surface area contributed by atoms with E-state index in [1.54, 1.807) is 0 Å². The molecule has 0 aromatic heterocycles. The zero-order valence-electron chi connectivity index (χ0n) is 8.51. The fourth-order valence-corrected chi connectivity index (χ4v) is 1.32. The van der Waals surface area contributed by atoms with Gasteiger partial charge in [0.2, 0.25) is 0 Å². The molecule has 0 aliphatic carbocycles. The molecular formula is C11H17IO. The lowest BCUT2D eigenvalue weighted by Crippen LogP contribution is -1.95. The molecule has 0 bridgehead atoms. The summed E-state index contributed by atoms with van der Waals surface area (Å²) in [6, 6.07) is 8.05. The standard InChI is InChI=1S/C9H11IO.C2H6/c1-2-7-11-9-6-4-3-5-8(9)10;1-2/h3-6H,2,7H2,1H3;1-2H3. The van der Waals surface area contributed by atoms with Crippen molar-refractivity contribution in [1.29, 1.82) is 0 Å². The van der Waals surface area contributed by atoms with Crippen molar-refractivity contribution in [3.63, 3.8) is 0 Å². The predicted molar refractivity (Wildman–Crippen MR) is 66.3 cm³/mol. The number of ether oxygens (including phenoxy) is 1. The average Bonchev–Trinajstić information content (AvgIpc) is 2.20. The molecule has 0 aliphatic rings. The van der Waals surface area contributed by atoms with Gasteiger partial charge < -0.3 is 4.74 Å². The van der Waals surface area contributed by atoms with E-state index in [4.69, 9.17) is 4.74 Å². The maximum atomic E-state index is 5.48. The Hall–Kier alpha value is -0.250. The molecule has 0 fully saturated rings. The summed E-state index contributed by atoms with van der Waals surface area (Å²) >= 11 is 2.28. The smallest absolute Gasteiger partial charge is 0.132 e. The van der Waals surface area contributed by atoms with Gasteiger partial charge >= 0.3 is 0 Å². The quantitative estimate of drug-likeness (QED) is 0.762. The first-order valence-corrected chi connectivity index (χ1v) is 5.79. The van der Waals surface area contributed by atoms with Gasteiger partial charge in [-0.05, 0) is 41.1 Å². The molecule has 1 nitrogen and oxygen atoms in total. The van der Waals surface area contributed by atoms with Crippen LogP contribution in [-0.2, 0) is 0 Å². The van der Waals surface area contributed by atoms with Crippen LogP contribution in [-0.4, -0.2) is 6.61 Å². The Labute approximate surface area is 94.6 Å². The van der Waals surface area contributed by atoms with Crippen molar-refractivity contribution in [3.05, 3.63) is 27.8 Å². The molecule has 0 unspecified atom stereocenters. The summed E-state index contributed by atoms with van der Waals surface area (Å²) in [5, 5.41) is 0. The summed E-state index contributed by atoms with van der Waals surface area (Å²) < 4.78 is 6.66. The molecule has 1 aromatic carbocycles. The Morgan fingerprint density at radius 1 is 1.23 bits per heavy atom. The molecule has 1 rings (SSSR count). The van der Waals surface area contributed by atoms with Crippen molar-refractivity contribution in [2.45, 2.75) is 27.2 Å². The fourth-order valence-electron chi connectivity index (χ4n) is 0.774. The highest BCUT2D eigenvalue weighted by atomic mass is 127. The van der Waals surface area contributed by atoms with E-state index in [9.17, 15) is 0 Å². The van der Waals surface area contributed by atoms with Gasteiger partial charge in [0.1, 0.15) is 5.75 Å². The van der Waals surface area contributed by atoms with Crippen molar-refractivity contribution >= 4 is 22.6 Å². The van der Waals surface area contributed by atoms with E-state index in [2.05, 4.69) is 29.5 Å². The van der Waals surface area contributed by atoms with E-state index in [0.29, 0.717) is 0 Å².